The molecule has 0 bridgehead atoms. The lowest BCUT2D eigenvalue weighted by molar-refractivity contribution is -0.132. The summed E-state index contributed by atoms with van der Waals surface area (Å²) in [5, 5.41) is 16.7. The number of piperidine rings is 1. The Bertz CT molecular complexity index is 772. The maximum Gasteiger partial charge on any atom is 0.275 e. The van der Waals surface area contributed by atoms with Gasteiger partial charge in [-0.2, -0.15) is 5.10 Å². The number of carbonyl (C=O) groups excluding carboxylic acids is 2. The van der Waals surface area contributed by atoms with Crippen molar-refractivity contribution in [2.24, 2.45) is 0 Å². The van der Waals surface area contributed by atoms with E-state index in [4.69, 9.17) is 0 Å². The summed E-state index contributed by atoms with van der Waals surface area (Å²) in [6.07, 6.45) is 2.15. The molecule has 1 fully saturated rings. The van der Waals surface area contributed by atoms with Gasteiger partial charge in [0.05, 0.1) is 11.9 Å². The van der Waals surface area contributed by atoms with Crippen molar-refractivity contribution in [3.05, 3.63) is 42.0 Å². The lowest BCUT2D eigenvalue weighted by Crippen LogP contribution is -2.46. The van der Waals surface area contributed by atoms with E-state index in [9.17, 15) is 19.1 Å². The lowest BCUT2D eigenvalue weighted by Gasteiger charge is -2.29. The number of aromatic hydroxyl groups is 1. The van der Waals surface area contributed by atoms with Crippen molar-refractivity contribution in [1.82, 2.24) is 20.0 Å². The molecule has 0 aliphatic carbocycles. The number of rotatable bonds is 3. The average Bonchev–Trinajstić information content (AvgIpc) is 2.93. The van der Waals surface area contributed by atoms with E-state index in [1.807, 2.05) is 0 Å². The Hall–Kier alpha value is -2.90. The first kappa shape index (κ1) is 16.0. The first-order chi connectivity index (χ1) is 11.4. The van der Waals surface area contributed by atoms with E-state index < -0.39 is 5.91 Å². The van der Waals surface area contributed by atoms with Crippen molar-refractivity contribution in [1.29, 1.82) is 0 Å². The maximum atomic E-state index is 13.0. The van der Waals surface area contributed by atoms with E-state index >= 15 is 0 Å². The molecule has 3 rings (SSSR count). The minimum atomic E-state index is -0.546. The monoisotopic (exact) mass is 332 g/mol. The van der Waals surface area contributed by atoms with Gasteiger partial charge in [0.25, 0.3) is 5.91 Å². The predicted molar refractivity (Wildman–Crippen MR) is 83.3 cm³/mol. The molecular formula is C16H17FN4O3. The molecule has 1 aliphatic heterocycles. The number of hydrogen-bond donors (Lipinski definition) is 2. The van der Waals surface area contributed by atoms with Gasteiger partial charge in [-0.3, -0.25) is 9.59 Å². The van der Waals surface area contributed by atoms with Gasteiger partial charge in [0, 0.05) is 26.1 Å². The number of hydrogen-bond acceptors (Lipinski definition) is 4. The molecule has 1 unspecified atom stereocenters. The van der Waals surface area contributed by atoms with Crippen LogP contribution in [-0.4, -0.2) is 51.2 Å². The molecule has 1 aromatic heterocycles. The second-order valence-corrected chi connectivity index (χ2v) is 5.76. The number of nitrogens with zero attached hydrogens (tertiary/aromatic N) is 3. The number of likely N-dealkylation sites (tertiary alicyclic amines) is 1. The van der Waals surface area contributed by atoms with E-state index in [0.717, 1.165) is 0 Å². The molecule has 126 valence electrons. The van der Waals surface area contributed by atoms with Gasteiger partial charge in [-0.05, 0) is 30.7 Å². The Balaban J connectivity index is 1.74. The first-order valence-corrected chi connectivity index (χ1v) is 7.53. The molecule has 2 aromatic rings. The molecule has 0 radical (unpaired) electrons. The number of aromatic nitrogens is 2. The van der Waals surface area contributed by atoms with E-state index in [2.05, 4.69) is 10.4 Å². The van der Waals surface area contributed by atoms with E-state index in [1.165, 1.54) is 35.1 Å². The fraction of sp³-hybridized carbons (Fsp3) is 0.312. The van der Waals surface area contributed by atoms with Crippen LogP contribution in [0.4, 0.5) is 4.39 Å². The summed E-state index contributed by atoms with van der Waals surface area (Å²) >= 11 is 0. The van der Waals surface area contributed by atoms with Crippen molar-refractivity contribution in [3.63, 3.8) is 0 Å². The van der Waals surface area contributed by atoms with Gasteiger partial charge in [0.15, 0.2) is 11.4 Å². The fourth-order valence-corrected chi connectivity index (χ4v) is 2.57. The van der Waals surface area contributed by atoms with Crippen LogP contribution >= 0.6 is 0 Å². The summed E-state index contributed by atoms with van der Waals surface area (Å²) in [6.45, 7) is 0.569. The molecule has 2 N–H and O–H groups in total. The Kier molecular flexibility index (Phi) is 4.20. The third-order valence-electron chi connectivity index (χ3n) is 4.00. The average molecular weight is 332 g/mol. The van der Waals surface area contributed by atoms with Gasteiger partial charge in [0.1, 0.15) is 5.82 Å². The van der Waals surface area contributed by atoms with Gasteiger partial charge < -0.3 is 15.3 Å². The zero-order valence-electron chi connectivity index (χ0n) is 13.1. The van der Waals surface area contributed by atoms with Crippen molar-refractivity contribution >= 4 is 11.8 Å². The van der Waals surface area contributed by atoms with Crippen LogP contribution in [0.2, 0.25) is 0 Å². The third-order valence-corrected chi connectivity index (χ3v) is 4.00. The molecule has 24 heavy (non-hydrogen) atoms. The second-order valence-electron chi connectivity index (χ2n) is 5.76. The van der Waals surface area contributed by atoms with Crippen LogP contribution < -0.4 is 5.32 Å². The molecule has 1 atom stereocenters. The molecule has 1 aromatic carbocycles. The number of halogens is 1. The number of benzene rings is 1. The Labute approximate surface area is 137 Å². The summed E-state index contributed by atoms with van der Waals surface area (Å²) in [7, 11) is 1.72. The van der Waals surface area contributed by atoms with Crippen LogP contribution in [0.15, 0.2) is 30.5 Å². The van der Waals surface area contributed by atoms with Gasteiger partial charge >= 0.3 is 0 Å². The predicted octanol–water partition coefficient (Wildman–Crippen LogP) is 1.07. The molecular weight excluding hydrogens is 315 g/mol. The minimum Gasteiger partial charge on any atom is -0.504 e. The Morgan fingerprint density at radius 1 is 1.38 bits per heavy atom. The highest BCUT2D eigenvalue weighted by Crippen LogP contribution is 2.19. The maximum absolute atomic E-state index is 13.0. The van der Waals surface area contributed by atoms with E-state index in [-0.39, 0.29) is 35.6 Å². The number of amides is 2. The minimum absolute atomic E-state index is 0.0346. The van der Waals surface area contributed by atoms with Crippen LogP contribution in [-0.2, 0) is 4.79 Å². The quantitative estimate of drug-likeness (QED) is 0.880. The molecule has 0 saturated carbocycles. The van der Waals surface area contributed by atoms with Crippen molar-refractivity contribution in [2.45, 2.75) is 18.9 Å². The van der Waals surface area contributed by atoms with E-state index in [0.29, 0.717) is 18.7 Å². The number of carbonyl (C=O) groups is 2. The summed E-state index contributed by atoms with van der Waals surface area (Å²) in [5.74, 6) is -1.25. The van der Waals surface area contributed by atoms with E-state index in [1.54, 1.807) is 11.9 Å². The van der Waals surface area contributed by atoms with Crippen LogP contribution in [0, 0.1) is 5.82 Å². The Morgan fingerprint density at radius 2 is 2.08 bits per heavy atom. The van der Waals surface area contributed by atoms with Gasteiger partial charge in [-0.15, -0.1) is 0 Å². The van der Waals surface area contributed by atoms with Crippen LogP contribution in [0.3, 0.4) is 0 Å². The largest absolute Gasteiger partial charge is 0.504 e. The zero-order valence-corrected chi connectivity index (χ0v) is 13.1. The van der Waals surface area contributed by atoms with Crippen LogP contribution in [0.1, 0.15) is 23.3 Å². The summed E-state index contributed by atoms with van der Waals surface area (Å²) < 4.78 is 14.3. The normalized spacial score (nSPS) is 17.8. The Morgan fingerprint density at radius 3 is 2.75 bits per heavy atom. The fourth-order valence-electron chi connectivity index (χ4n) is 2.57. The SMILES string of the molecule is CN1CCC(NC(=O)c2nn(-c3ccc(F)cc3)cc2O)CC1=O. The smallest absolute Gasteiger partial charge is 0.275 e. The second kappa shape index (κ2) is 6.31. The standard InChI is InChI=1S/C16H17FN4O3/c1-20-7-6-11(8-14(20)23)18-16(24)15-13(22)9-21(19-15)12-4-2-10(17)3-5-12/h2-5,9,11,22H,6-8H2,1H3,(H,18,24). The molecule has 0 spiro atoms. The van der Waals surface area contributed by atoms with Crippen LogP contribution in [0.25, 0.3) is 5.69 Å². The molecule has 8 heteroatoms. The summed E-state index contributed by atoms with van der Waals surface area (Å²) in [4.78, 5) is 25.6. The van der Waals surface area contributed by atoms with Gasteiger partial charge in [-0.1, -0.05) is 0 Å². The topological polar surface area (TPSA) is 87.5 Å². The van der Waals surface area contributed by atoms with Crippen LogP contribution in [0.5, 0.6) is 5.75 Å². The highest BCUT2D eigenvalue weighted by atomic mass is 19.1. The van der Waals surface area contributed by atoms with Gasteiger partial charge in [-0.25, -0.2) is 9.07 Å². The lowest BCUT2D eigenvalue weighted by atomic mass is 10.0. The van der Waals surface area contributed by atoms with Gasteiger partial charge in [0.2, 0.25) is 5.91 Å². The third kappa shape index (κ3) is 3.22. The molecule has 2 amide bonds. The highest BCUT2D eigenvalue weighted by molar-refractivity contribution is 5.95. The van der Waals surface area contributed by atoms with Crippen molar-refractivity contribution < 1.29 is 19.1 Å². The molecule has 7 nitrogen and oxygen atoms in total. The van der Waals surface area contributed by atoms with Crippen molar-refractivity contribution in [3.8, 4) is 11.4 Å². The molecule has 1 aliphatic rings. The first-order valence-electron chi connectivity index (χ1n) is 7.53. The zero-order chi connectivity index (χ0) is 17.3. The summed E-state index contributed by atoms with van der Waals surface area (Å²) in [5.41, 5.74) is 0.380. The highest BCUT2D eigenvalue weighted by Gasteiger charge is 2.26. The molecule has 1 saturated heterocycles. The molecule has 2 heterocycles. The summed E-state index contributed by atoms with van der Waals surface area (Å²) in [6, 6.07) is 5.21. The van der Waals surface area contributed by atoms with Crippen molar-refractivity contribution in [2.75, 3.05) is 13.6 Å². The number of nitrogens with one attached hydrogen (secondary N) is 1.